The van der Waals surface area contributed by atoms with E-state index in [-0.39, 0.29) is 0 Å². The summed E-state index contributed by atoms with van der Waals surface area (Å²) in [5.41, 5.74) is 0. The van der Waals surface area contributed by atoms with E-state index in [1.807, 2.05) is 11.7 Å². The number of hydrogen-bond donors (Lipinski definition) is 1. The fourth-order valence-electron chi connectivity index (χ4n) is 1.61. The van der Waals surface area contributed by atoms with Gasteiger partial charge in [0.15, 0.2) is 5.82 Å². The van der Waals surface area contributed by atoms with E-state index < -0.39 is 0 Å². The summed E-state index contributed by atoms with van der Waals surface area (Å²) in [7, 11) is 1.99. The summed E-state index contributed by atoms with van der Waals surface area (Å²) in [5, 5.41) is 7.63. The first-order valence-corrected chi connectivity index (χ1v) is 4.91. The molecule has 0 spiro atoms. The Hall–Kier alpha value is -0.900. The van der Waals surface area contributed by atoms with Gasteiger partial charge in [-0.3, -0.25) is 4.68 Å². The van der Waals surface area contributed by atoms with Crippen molar-refractivity contribution in [1.82, 2.24) is 20.1 Å². The van der Waals surface area contributed by atoms with Crippen LogP contribution in [-0.4, -0.2) is 27.9 Å². The molecule has 0 amide bonds. The minimum absolute atomic E-state index is 0.586. The van der Waals surface area contributed by atoms with Crippen molar-refractivity contribution in [3.05, 3.63) is 11.6 Å². The fourth-order valence-corrected chi connectivity index (χ4v) is 1.61. The molecular formula is C9H16N4. The van der Waals surface area contributed by atoms with Gasteiger partial charge in [0.2, 0.25) is 0 Å². The molecule has 2 heterocycles. The molecule has 0 radical (unpaired) electrons. The molecule has 1 aromatic rings. The Morgan fingerprint density at radius 2 is 2.31 bits per heavy atom. The van der Waals surface area contributed by atoms with Crippen molar-refractivity contribution >= 4 is 0 Å². The van der Waals surface area contributed by atoms with Crippen LogP contribution in [0.5, 0.6) is 0 Å². The molecule has 1 saturated heterocycles. The van der Waals surface area contributed by atoms with Gasteiger partial charge >= 0.3 is 0 Å². The summed E-state index contributed by atoms with van der Waals surface area (Å²) in [6, 6.07) is 0. The van der Waals surface area contributed by atoms with Crippen LogP contribution in [0.1, 0.15) is 30.9 Å². The Balaban J connectivity index is 2.15. The van der Waals surface area contributed by atoms with Crippen LogP contribution in [0.2, 0.25) is 0 Å². The van der Waals surface area contributed by atoms with Gasteiger partial charge < -0.3 is 5.32 Å². The predicted molar refractivity (Wildman–Crippen MR) is 50.6 cm³/mol. The molecule has 0 aromatic carbocycles. The first kappa shape index (κ1) is 8.69. The molecule has 0 saturated carbocycles. The monoisotopic (exact) mass is 180 g/mol. The standard InChI is InChI=1S/C9H16N4/c1-3-4-8-11-9(13(2)12-8)7-5-10-6-7/h7,10H,3-6H2,1-2H3. The van der Waals surface area contributed by atoms with Gasteiger partial charge in [0.05, 0.1) is 0 Å². The molecule has 2 rings (SSSR count). The molecule has 0 aliphatic carbocycles. The SMILES string of the molecule is CCCc1nc(C2CNC2)n(C)n1. The summed E-state index contributed by atoms with van der Waals surface area (Å²) in [6.45, 7) is 4.26. The van der Waals surface area contributed by atoms with Crippen molar-refractivity contribution < 1.29 is 0 Å². The highest BCUT2D eigenvalue weighted by atomic mass is 15.3. The molecule has 0 bridgehead atoms. The van der Waals surface area contributed by atoms with Crippen LogP contribution >= 0.6 is 0 Å². The molecule has 1 aliphatic heterocycles. The van der Waals surface area contributed by atoms with E-state index in [0.717, 1.165) is 37.6 Å². The first-order chi connectivity index (χ1) is 6.31. The van der Waals surface area contributed by atoms with Crippen LogP contribution in [0.4, 0.5) is 0 Å². The summed E-state index contributed by atoms with van der Waals surface area (Å²) in [4.78, 5) is 4.53. The van der Waals surface area contributed by atoms with E-state index in [2.05, 4.69) is 22.3 Å². The van der Waals surface area contributed by atoms with Gasteiger partial charge in [0, 0.05) is 32.5 Å². The first-order valence-electron chi connectivity index (χ1n) is 4.91. The molecule has 72 valence electrons. The smallest absolute Gasteiger partial charge is 0.150 e. The number of nitrogens with one attached hydrogen (secondary N) is 1. The molecule has 4 heteroatoms. The van der Waals surface area contributed by atoms with Crippen molar-refractivity contribution in [1.29, 1.82) is 0 Å². The van der Waals surface area contributed by atoms with E-state index in [4.69, 9.17) is 0 Å². The largest absolute Gasteiger partial charge is 0.315 e. The second-order valence-electron chi connectivity index (χ2n) is 3.62. The average Bonchev–Trinajstić information content (AvgIpc) is 2.30. The normalized spacial score (nSPS) is 17.4. The van der Waals surface area contributed by atoms with Crippen LogP contribution in [0, 0.1) is 0 Å². The van der Waals surface area contributed by atoms with E-state index in [1.165, 1.54) is 0 Å². The maximum absolute atomic E-state index is 4.53. The Kier molecular flexibility index (Phi) is 2.31. The van der Waals surface area contributed by atoms with Gasteiger partial charge in [-0.05, 0) is 6.42 Å². The highest BCUT2D eigenvalue weighted by Crippen LogP contribution is 2.17. The molecule has 1 fully saturated rings. The van der Waals surface area contributed by atoms with Crippen molar-refractivity contribution in [2.45, 2.75) is 25.7 Å². The topological polar surface area (TPSA) is 42.7 Å². The molecule has 13 heavy (non-hydrogen) atoms. The third-order valence-electron chi connectivity index (χ3n) is 2.46. The van der Waals surface area contributed by atoms with Crippen LogP contribution in [0.15, 0.2) is 0 Å². The third kappa shape index (κ3) is 1.58. The fraction of sp³-hybridized carbons (Fsp3) is 0.778. The van der Waals surface area contributed by atoms with E-state index >= 15 is 0 Å². The highest BCUT2D eigenvalue weighted by Gasteiger charge is 2.24. The second-order valence-corrected chi connectivity index (χ2v) is 3.62. The molecular weight excluding hydrogens is 164 g/mol. The zero-order valence-electron chi connectivity index (χ0n) is 8.25. The summed E-state index contributed by atoms with van der Waals surface area (Å²) in [6.07, 6.45) is 2.11. The molecule has 1 aliphatic rings. The average molecular weight is 180 g/mol. The lowest BCUT2D eigenvalue weighted by molar-refractivity contribution is 0.416. The van der Waals surface area contributed by atoms with Crippen molar-refractivity contribution in [2.75, 3.05) is 13.1 Å². The van der Waals surface area contributed by atoms with Crippen molar-refractivity contribution in [3.63, 3.8) is 0 Å². The van der Waals surface area contributed by atoms with Crippen molar-refractivity contribution in [2.24, 2.45) is 7.05 Å². The van der Waals surface area contributed by atoms with Gasteiger partial charge in [-0.2, -0.15) is 5.10 Å². The van der Waals surface area contributed by atoms with Crippen molar-refractivity contribution in [3.8, 4) is 0 Å². The van der Waals surface area contributed by atoms with Gasteiger partial charge in [0.25, 0.3) is 0 Å². The molecule has 1 N–H and O–H groups in total. The molecule has 1 aromatic heterocycles. The van der Waals surface area contributed by atoms with E-state index in [0.29, 0.717) is 5.92 Å². The quantitative estimate of drug-likeness (QED) is 0.734. The number of aryl methyl sites for hydroxylation is 2. The minimum atomic E-state index is 0.586. The van der Waals surface area contributed by atoms with Crippen LogP contribution in [0.3, 0.4) is 0 Å². The third-order valence-corrected chi connectivity index (χ3v) is 2.46. The Morgan fingerprint density at radius 1 is 1.54 bits per heavy atom. The molecule has 0 atom stereocenters. The Labute approximate surface area is 78.4 Å². The van der Waals surface area contributed by atoms with E-state index in [9.17, 15) is 0 Å². The molecule has 4 nitrogen and oxygen atoms in total. The van der Waals surface area contributed by atoms with Gasteiger partial charge in [0.1, 0.15) is 5.82 Å². The second kappa shape index (κ2) is 3.46. The van der Waals surface area contributed by atoms with Gasteiger partial charge in [-0.25, -0.2) is 4.98 Å². The lowest BCUT2D eigenvalue weighted by Crippen LogP contribution is -2.41. The maximum atomic E-state index is 4.53. The number of aromatic nitrogens is 3. The highest BCUT2D eigenvalue weighted by molar-refractivity contribution is 5.05. The number of nitrogens with zero attached hydrogens (tertiary/aromatic N) is 3. The van der Waals surface area contributed by atoms with E-state index in [1.54, 1.807) is 0 Å². The summed E-state index contributed by atoms with van der Waals surface area (Å²) in [5.74, 6) is 2.72. The zero-order valence-corrected chi connectivity index (χ0v) is 8.25. The zero-order chi connectivity index (χ0) is 9.26. The predicted octanol–water partition coefficient (Wildman–Crippen LogP) is 0.454. The van der Waals surface area contributed by atoms with Gasteiger partial charge in [-0.15, -0.1) is 0 Å². The summed E-state index contributed by atoms with van der Waals surface area (Å²) < 4.78 is 1.93. The minimum Gasteiger partial charge on any atom is -0.315 e. The summed E-state index contributed by atoms with van der Waals surface area (Å²) >= 11 is 0. The van der Waals surface area contributed by atoms with Crippen LogP contribution in [0.25, 0.3) is 0 Å². The number of hydrogen-bond acceptors (Lipinski definition) is 3. The maximum Gasteiger partial charge on any atom is 0.150 e. The number of rotatable bonds is 3. The Morgan fingerprint density at radius 3 is 2.85 bits per heavy atom. The van der Waals surface area contributed by atoms with Gasteiger partial charge in [-0.1, -0.05) is 6.92 Å². The van der Waals surface area contributed by atoms with Crippen LogP contribution in [-0.2, 0) is 13.5 Å². The Bertz CT molecular complexity index is 288. The lowest BCUT2D eigenvalue weighted by atomic mass is 10.0. The lowest BCUT2D eigenvalue weighted by Gasteiger charge is -2.25. The molecule has 0 unspecified atom stereocenters. The van der Waals surface area contributed by atoms with Crippen LogP contribution < -0.4 is 5.32 Å².